The van der Waals surface area contributed by atoms with Crippen molar-refractivity contribution in [2.75, 3.05) is 6.61 Å². The van der Waals surface area contributed by atoms with E-state index in [1.807, 2.05) is 24.3 Å². The number of benzene rings is 1. The number of hydrogen-bond donors (Lipinski definition) is 1. The number of hydrogen-bond acceptors (Lipinski definition) is 4. The summed E-state index contributed by atoms with van der Waals surface area (Å²) in [5.41, 5.74) is 3.74. The van der Waals surface area contributed by atoms with Crippen molar-refractivity contribution in [2.24, 2.45) is 0 Å². The van der Waals surface area contributed by atoms with Gasteiger partial charge in [-0.2, -0.15) is 0 Å². The Balaban J connectivity index is 1.75. The van der Waals surface area contributed by atoms with E-state index < -0.39 is 5.97 Å². The first-order valence-electron chi connectivity index (χ1n) is 9.79. The Morgan fingerprint density at radius 1 is 1.21 bits per heavy atom. The van der Waals surface area contributed by atoms with Gasteiger partial charge in [0, 0.05) is 11.8 Å². The highest BCUT2D eigenvalue weighted by Gasteiger charge is 2.21. The van der Waals surface area contributed by atoms with Crippen molar-refractivity contribution in [2.45, 2.75) is 32.6 Å². The van der Waals surface area contributed by atoms with Gasteiger partial charge in [0.1, 0.15) is 11.4 Å². The highest BCUT2D eigenvalue weighted by Crippen LogP contribution is 2.30. The molecule has 3 aromatic rings. The van der Waals surface area contributed by atoms with Crippen LogP contribution >= 0.6 is 0 Å². The second-order valence-electron chi connectivity index (χ2n) is 7.14. The van der Waals surface area contributed by atoms with E-state index >= 15 is 0 Å². The lowest BCUT2D eigenvalue weighted by atomic mass is 9.91. The van der Waals surface area contributed by atoms with E-state index in [-0.39, 0.29) is 11.1 Å². The van der Waals surface area contributed by atoms with E-state index in [1.54, 1.807) is 6.07 Å². The number of carbonyl (C=O) groups is 1. The van der Waals surface area contributed by atoms with Crippen molar-refractivity contribution in [1.29, 1.82) is 0 Å². The average molecular weight is 390 g/mol. The van der Waals surface area contributed by atoms with Crippen LogP contribution in [-0.4, -0.2) is 27.1 Å². The van der Waals surface area contributed by atoms with Crippen LogP contribution in [0.25, 0.3) is 17.3 Å². The molecule has 2 aromatic heterocycles. The van der Waals surface area contributed by atoms with Gasteiger partial charge in [-0.05, 0) is 67.2 Å². The third-order valence-electron chi connectivity index (χ3n) is 5.03. The molecule has 0 atom stereocenters. The van der Waals surface area contributed by atoms with Gasteiger partial charge < -0.3 is 9.84 Å². The topological polar surface area (TPSA) is 80.9 Å². The normalized spacial score (nSPS) is 14.7. The molecule has 6 nitrogen and oxygen atoms in total. The van der Waals surface area contributed by atoms with E-state index in [9.17, 15) is 14.7 Å². The molecule has 1 aliphatic rings. The van der Waals surface area contributed by atoms with Crippen LogP contribution in [0.5, 0.6) is 5.75 Å². The lowest BCUT2D eigenvalue weighted by Crippen LogP contribution is -2.25. The Kier molecular flexibility index (Phi) is 5.16. The summed E-state index contributed by atoms with van der Waals surface area (Å²) in [5, 5.41) is 9.19. The average Bonchev–Trinajstić information content (AvgIpc) is 2.74. The highest BCUT2D eigenvalue weighted by molar-refractivity contribution is 5.88. The monoisotopic (exact) mass is 390 g/mol. The highest BCUT2D eigenvalue weighted by atomic mass is 16.5. The Morgan fingerprint density at radius 2 is 2.00 bits per heavy atom. The van der Waals surface area contributed by atoms with Crippen LogP contribution in [0, 0.1) is 0 Å². The summed E-state index contributed by atoms with van der Waals surface area (Å²) in [6, 6.07) is 10.9. The van der Waals surface area contributed by atoms with Crippen LogP contribution in [0.3, 0.4) is 0 Å². The molecule has 0 aliphatic heterocycles. The number of fused-ring (bicyclic) bond motifs is 2. The summed E-state index contributed by atoms with van der Waals surface area (Å²) >= 11 is 0. The van der Waals surface area contributed by atoms with Gasteiger partial charge in [0.25, 0.3) is 5.56 Å². The zero-order valence-corrected chi connectivity index (χ0v) is 16.2. The van der Waals surface area contributed by atoms with E-state index in [0.717, 1.165) is 41.8 Å². The van der Waals surface area contributed by atoms with E-state index in [0.29, 0.717) is 24.2 Å². The molecule has 1 aliphatic carbocycles. The molecule has 0 unspecified atom stereocenters. The van der Waals surface area contributed by atoms with Gasteiger partial charge in [-0.15, -0.1) is 0 Å². The van der Waals surface area contributed by atoms with Crippen molar-refractivity contribution < 1.29 is 14.6 Å². The van der Waals surface area contributed by atoms with Crippen LogP contribution in [0.4, 0.5) is 0 Å². The number of pyridine rings is 1. The fourth-order valence-corrected chi connectivity index (χ4v) is 3.59. The molecule has 0 bridgehead atoms. The van der Waals surface area contributed by atoms with Crippen LogP contribution < -0.4 is 10.3 Å². The second kappa shape index (κ2) is 7.91. The Morgan fingerprint density at radius 3 is 2.72 bits per heavy atom. The van der Waals surface area contributed by atoms with Crippen LogP contribution in [0.2, 0.25) is 0 Å². The third-order valence-corrected chi connectivity index (χ3v) is 5.03. The first kappa shape index (κ1) is 18.9. The smallest absolute Gasteiger partial charge is 0.337 e. The maximum atomic E-state index is 13.0. The van der Waals surface area contributed by atoms with E-state index in [2.05, 4.69) is 18.0 Å². The number of aromatic carboxylic acids is 1. The van der Waals surface area contributed by atoms with Gasteiger partial charge in [-0.3, -0.25) is 9.20 Å². The summed E-state index contributed by atoms with van der Waals surface area (Å²) < 4.78 is 6.97. The zero-order valence-electron chi connectivity index (χ0n) is 16.2. The Labute approximate surface area is 168 Å². The molecule has 2 heterocycles. The lowest BCUT2D eigenvalue weighted by molar-refractivity contribution is 0.0696. The van der Waals surface area contributed by atoms with Crippen LogP contribution in [-0.2, 0) is 6.42 Å². The number of ether oxygens (including phenoxy) is 1. The number of carboxylic acid groups (broad SMARTS) is 1. The summed E-state index contributed by atoms with van der Waals surface area (Å²) in [6.45, 7) is 2.76. The number of aromatic nitrogens is 2. The van der Waals surface area contributed by atoms with Gasteiger partial charge in [-0.25, -0.2) is 9.78 Å². The molecule has 0 fully saturated rings. The molecule has 0 radical (unpaired) electrons. The van der Waals surface area contributed by atoms with E-state index in [1.165, 1.54) is 16.7 Å². The van der Waals surface area contributed by atoms with Crippen molar-refractivity contribution in [3.05, 3.63) is 75.3 Å². The predicted octanol–water partition coefficient (Wildman–Crippen LogP) is 4.06. The first-order chi connectivity index (χ1) is 14.1. The molecular weight excluding hydrogens is 368 g/mol. The quantitative estimate of drug-likeness (QED) is 0.711. The molecule has 0 saturated heterocycles. The lowest BCUT2D eigenvalue weighted by Gasteiger charge is -2.18. The zero-order chi connectivity index (χ0) is 20.4. The second-order valence-corrected chi connectivity index (χ2v) is 7.14. The third kappa shape index (κ3) is 3.78. The maximum absolute atomic E-state index is 13.0. The van der Waals surface area contributed by atoms with Crippen LogP contribution in [0.1, 0.15) is 53.4 Å². The SMILES string of the molecule is CCCOc1ccc(C=C2CCCc3c2nc2ccc(C(=O)O)cn2c3=O)cc1. The molecule has 1 aromatic carbocycles. The Bertz CT molecular complexity index is 1160. The molecule has 1 N–H and O–H groups in total. The maximum Gasteiger partial charge on any atom is 0.337 e. The molecule has 0 saturated carbocycles. The van der Waals surface area contributed by atoms with Gasteiger partial charge in [-0.1, -0.05) is 19.1 Å². The van der Waals surface area contributed by atoms with Gasteiger partial charge in [0.15, 0.2) is 0 Å². The number of allylic oxidation sites excluding steroid dienone is 1. The number of carboxylic acids is 1. The minimum Gasteiger partial charge on any atom is -0.494 e. The molecule has 0 spiro atoms. The summed E-state index contributed by atoms with van der Waals surface area (Å²) in [5.74, 6) is -0.224. The molecule has 6 heteroatoms. The van der Waals surface area contributed by atoms with Crippen molar-refractivity contribution >= 4 is 23.3 Å². The minimum atomic E-state index is -1.07. The number of nitrogens with zero attached hydrogens (tertiary/aromatic N) is 2. The van der Waals surface area contributed by atoms with E-state index in [4.69, 9.17) is 4.74 Å². The summed E-state index contributed by atoms with van der Waals surface area (Å²) in [7, 11) is 0. The van der Waals surface area contributed by atoms with Crippen molar-refractivity contribution in [3.63, 3.8) is 0 Å². The summed E-state index contributed by atoms with van der Waals surface area (Å²) in [6.07, 6.45) is 6.72. The number of rotatable bonds is 5. The minimum absolute atomic E-state index is 0.0679. The molecule has 29 heavy (non-hydrogen) atoms. The largest absolute Gasteiger partial charge is 0.494 e. The summed E-state index contributed by atoms with van der Waals surface area (Å²) in [4.78, 5) is 28.9. The fourth-order valence-electron chi connectivity index (χ4n) is 3.59. The van der Waals surface area contributed by atoms with Gasteiger partial charge in [0.2, 0.25) is 0 Å². The van der Waals surface area contributed by atoms with Crippen molar-refractivity contribution in [3.8, 4) is 5.75 Å². The predicted molar refractivity (Wildman–Crippen MR) is 111 cm³/mol. The molecular formula is C23H22N2O4. The first-order valence-corrected chi connectivity index (χ1v) is 9.79. The van der Waals surface area contributed by atoms with Crippen LogP contribution in [0.15, 0.2) is 47.4 Å². The fraction of sp³-hybridized carbons (Fsp3) is 0.261. The standard InChI is InChI=1S/C23H22N2O4/c1-2-12-29-18-9-6-15(7-10-18)13-16-4-3-5-19-21(16)24-20-11-8-17(23(27)28)14-25(20)22(19)26/h6-11,13-14H,2-5,12H2,1H3,(H,27,28). The molecule has 4 rings (SSSR count). The molecule has 0 amide bonds. The van der Waals surface area contributed by atoms with Gasteiger partial charge in [0.05, 0.1) is 17.9 Å². The molecule has 148 valence electrons. The Hall–Kier alpha value is -3.41. The van der Waals surface area contributed by atoms with Crippen molar-refractivity contribution in [1.82, 2.24) is 9.38 Å². The van der Waals surface area contributed by atoms with Gasteiger partial charge >= 0.3 is 5.97 Å².